The number of nitrogens with zero attached hydrogens (tertiary/aromatic N) is 4. The number of hydrogen-bond donors (Lipinski definition) is 2. The van der Waals surface area contributed by atoms with Crippen LogP contribution in [0.5, 0.6) is 5.75 Å². The van der Waals surface area contributed by atoms with Gasteiger partial charge in [-0.25, -0.2) is 0 Å². The molecule has 12 heteroatoms. The molecule has 0 radical (unpaired) electrons. The number of rotatable bonds is 11. The molecule has 2 amide bonds. The van der Waals surface area contributed by atoms with Crippen molar-refractivity contribution in [1.82, 2.24) is 20.1 Å². The van der Waals surface area contributed by atoms with Gasteiger partial charge in [-0.2, -0.15) is 0 Å². The van der Waals surface area contributed by atoms with Gasteiger partial charge in [0.15, 0.2) is 11.0 Å². The maximum Gasteiger partial charge on any atom is 0.269 e. The van der Waals surface area contributed by atoms with Gasteiger partial charge in [0.25, 0.3) is 11.6 Å². The normalized spacial score (nSPS) is 10.6. The lowest BCUT2D eigenvalue weighted by molar-refractivity contribution is -0.384. The molecule has 0 bridgehead atoms. The summed E-state index contributed by atoms with van der Waals surface area (Å²) < 4.78 is 7.30. The molecule has 11 nitrogen and oxygen atoms in total. The van der Waals surface area contributed by atoms with Crippen molar-refractivity contribution in [3.8, 4) is 11.4 Å². The first-order valence-electron chi connectivity index (χ1n) is 12.0. The highest BCUT2D eigenvalue weighted by molar-refractivity contribution is 7.99. The Morgan fingerprint density at radius 2 is 1.79 bits per heavy atom. The van der Waals surface area contributed by atoms with Crippen LogP contribution in [0.15, 0.2) is 78.0 Å². The maximum atomic E-state index is 12.7. The topological polar surface area (TPSA) is 141 Å². The summed E-state index contributed by atoms with van der Waals surface area (Å²) >= 11 is 1.21. The molecular weight excluding hydrogens is 520 g/mol. The lowest BCUT2D eigenvalue weighted by Crippen LogP contribution is -2.24. The van der Waals surface area contributed by atoms with Crippen molar-refractivity contribution in [3.63, 3.8) is 0 Å². The standard InChI is InChI=1S/C27H26N6O5S/c1-3-38-23-13-11-21(12-14-23)32-24(16-28-26(35)19-7-9-22(10-8-19)33(36)37)30-31-27(32)39-17-25(34)29-20-6-4-5-18(2)15-20/h4-15H,3,16-17H2,1-2H3,(H,28,35)(H,29,34). The first kappa shape index (κ1) is 27.3. The summed E-state index contributed by atoms with van der Waals surface area (Å²) in [4.78, 5) is 35.6. The van der Waals surface area contributed by atoms with Crippen LogP contribution in [0.25, 0.3) is 5.69 Å². The molecule has 1 aromatic heterocycles. The van der Waals surface area contributed by atoms with Crippen LogP contribution in [-0.4, -0.2) is 43.9 Å². The molecule has 200 valence electrons. The summed E-state index contributed by atoms with van der Waals surface area (Å²) in [6.07, 6.45) is 0. The van der Waals surface area contributed by atoms with Crippen LogP contribution >= 0.6 is 11.8 Å². The Balaban J connectivity index is 1.51. The third-order valence-electron chi connectivity index (χ3n) is 5.49. The number of benzene rings is 3. The number of nitro groups is 1. The number of aromatic nitrogens is 3. The molecule has 4 rings (SSSR count). The summed E-state index contributed by atoms with van der Waals surface area (Å²) in [6, 6.07) is 20.2. The Morgan fingerprint density at radius 1 is 1.05 bits per heavy atom. The van der Waals surface area contributed by atoms with Crippen molar-refractivity contribution in [3.05, 3.63) is 99.9 Å². The van der Waals surface area contributed by atoms with Gasteiger partial charge in [-0.1, -0.05) is 23.9 Å². The molecular formula is C27H26N6O5S. The number of nitro benzene ring substituents is 1. The van der Waals surface area contributed by atoms with Gasteiger partial charge in [0, 0.05) is 29.1 Å². The van der Waals surface area contributed by atoms with E-state index in [4.69, 9.17) is 4.74 Å². The molecule has 0 aliphatic rings. The Morgan fingerprint density at radius 3 is 2.46 bits per heavy atom. The van der Waals surface area contributed by atoms with E-state index in [2.05, 4.69) is 20.8 Å². The van der Waals surface area contributed by atoms with E-state index in [9.17, 15) is 19.7 Å². The second-order valence-corrected chi connectivity index (χ2v) is 9.30. The van der Waals surface area contributed by atoms with Gasteiger partial charge in [-0.15, -0.1) is 10.2 Å². The zero-order valence-corrected chi connectivity index (χ0v) is 22.1. The van der Waals surface area contributed by atoms with E-state index in [0.717, 1.165) is 11.3 Å². The number of hydrogen-bond acceptors (Lipinski definition) is 8. The minimum atomic E-state index is -0.526. The SMILES string of the molecule is CCOc1ccc(-n2c(CNC(=O)c3ccc([N+](=O)[O-])cc3)nnc2SCC(=O)Nc2cccc(C)c2)cc1. The average Bonchev–Trinajstić information content (AvgIpc) is 3.34. The fraction of sp³-hybridized carbons (Fsp3) is 0.185. The number of aryl methyl sites for hydroxylation is 1. The van der Waals surface area contributed by atoms with E-state index in [1.165, 1.54) is 36.0 Å². The number of non-ortho nitro benzene ring substituents is 1. The molecule has 1 heterocycles. The second kappa shape index (κ2) is 12.7. The van der Waals surface area contributed by atoms with Crippen LogP contribution in [0, 0.1) is 17.0 Å². The Labute approximate surface area is 228 Å². The molecule has 0 saturated heterocycles. The fourth-order valence-corrected chi connectivity index (χ4v) is 4.44. The highest BCUT2D eigenvalue weighted by Crippen LogP contribution is 2.24. The summed E-state index contributed by atoms with van der Waals surface area (Å²) in [7, 11) is 0. The lowest BCUT2D eigenvalue weighted by atomic mass is 10.2. The molecule has 0 atom stereocenters. The van der Waals surface area contributed by atoms with Crippen LogP contribution in [0.3, 0.4) is 0 Å². The van der Waals surface area contributed by atoms with Crippen molar-refractivity contribution in [2.45, 2.75) is 25.5 Å². The van der Waals surface area contributed by atoms with Crippen molar-refractivity contribution in [2.75, 3.05) is 17.7 Å². The molecule has 0 spiro atoms. The van der Waals surface area contributed by atoms with Crippen LogP contribution in [0.4, 0.5) is 11.4 Å². The molecule has 0 fully saturated rings. The van der Waals surface area contributed by atoms with Gasteiger partial charge in [0.2, 0.25) is 5.91 Å². The number of nitrogens with one attached hydrogen (secondary N) is 2. The van der Waals surface area contributed by atoms with Crippen molar-refractivity contribution in [1.29, 1.82) is 0 Å². The predicted octanol–water partition coefficient (Wildman–Crippen LogP) is 4.54. The first-order valence-corrected chi connectivity index (χ1v) is 13.0. The third-order valence-corrected chi connectivity index (χ3v) is 6.42. The van der Waals surface area contributed by atoms with Crippen LogP contribution in [-0.2, 0) is 11.3 Å². The molecule has 4 aromatic rings. The van der Waals surface area contributed by atoms with E-state index >= 15 is 0 Å². The number of carbonyl (C=O) groups excluding carboxylic acids is 2. The minimum Gasteiger partial charge on any atom is -0.494 e. The molecule has 0 saturated carbocycles. The third kappa shape index (κ3) is 7.20. The number of carbonyl (C=O) groups is 2. The number of amides is 2. The summed E-state index contributed by atoms with van der Waals surface area (Å²) in [6.45, 7) is 4.41. The molecule has 0 aliphatic heterocycles. The number of anilines is 1. The van der Waals surface area contributed by atoms with Gasteiger partial charge in [0.05, 0.1) is 23.8 Å². The smallest absolute Gasteiger partial charge is 0.269 e. The van der Waals surface area contributed by atoms with Gasteiger partial charge >= 0.3 is 0 Å². The molecule has 0 unspecified atom stereocenters. The Bertz CT molecular complexity index is 1470. The largest absolute Gasteiger partial charge is 0.494 e. The highest BCUT2D eigenvalue weighted by Gasteiger charge is 2.18. The molecule has 2 N–H and O–H groups in total. The van der Waals surface area contributed by atoms with E-state index in [1.807, 2.05) is 62.4 Å². The van der Waals surface area contributed by atoms with E-state index in [0.29, 0.717) is 29.0 Å². The summed E-state index contributed by atoms with van der Waals surface area (Å²) in [5.74, 6) is 0.626. The van der Waals surface area contributed by atoms with E-state index in [-0.39, 0.29) is 29.5 Å². The fourth-order valence-electron chi connectivity index (χ4n) is 3.67. The van der Waals surface area contributed by atoms with Gasteiger partial charge in [0.1, 0.15) is 5.75 Å². The maximum absolute atomic E-state index is 12.7. The Hall–Kier alpha value is -4.71. The van der Waals surface area contributed by atoms with Gasteiger partial charge in [-0.3, -0.25) is 24.3 Å². The van der Waals surface area contributed by atoms with E-state index < -0.39 is 10.8 Å². The predicted molar refractivity (Wildman–Crippen MR) is 147 cm³/mol. The van der Waals surface area contributed by atoms with Crippen LogP contribution < -0.4 is 15.4 Å². The van der Waals surface area contributed by atoms with Gasteiger partial charge < -0.3 is 15.4 Å². The zero-order chi connectivity index (χ0) is 27.8. The molecule has 39 heavy (non-hydrogen) atoms. The number of ether oxygens (including phenoxy) is 1. The number of thioether (sulfide) groups is 1. The molecule has 3 aromatic carbocycles. The van der Waals surface area contributed by atoms with Crippen molar-refractivity contribution in [2.24, 2.45) is 0 Å². The first-order chi connectivity index (χ1) is 18.8. The van der Waals surface area contributed by atoms with Crippen molar-refractivity contribution >= 4 is 35.0 Å². The monoisotopic (exact) mass is 546 g/mol. The Kier molecular flexibility index (Phi) is 8.90. The quantitative estimate of drug-likeness (QED) is 0.159. The van der Waals surface area contributed by atoms with Crippen LogP contribution in [0.1, 0.15) is 28.7 Å². The van der Waals surface area contributed by atoms with Gasteiger partial charge in [-0.05, 0) is 67.9 Å². The van der Waals surface area contributed by atoms with Crippen molar-refractivity contribution < 1.29 is 19.2 Å². The average molecular weight is 547 g/mol. The summed E-state index contributed by atoms with van der Waals surface area (Å²) in [5, 5.41) is 25.5. The van der Waals surface area contributed by atoms with E-state index in [1.54, 1.807) is 4.57 Å². The minimum absolute atomic E-state index is 0.0338. The zero-order valence-electron chi connectivity index (χ0n) is 21.3. The summed E-state index contributed by atoms with van der Waals surface area (Å²) in [5.41, 5.74) is 2.65. The molecule has 0 aliphatic carbocycles. The highest BCUT2D eigenvalue weighted by atomic mass is 32.2. The lowest BCUT2D eigenvalue weighted by Gasteiger charge is -2.12. The van der Waals surface area contributed by atoms with Crippen LogP contribution in [0.2, 0.25) is 0 Å². The second-order valence-electron chi connectivity index (χ2n) is 8.35.